The normalized spacial score (nSPS) is 11.2. The zero-order chi connectivity index (χ0) is 18.0. The molecular weight excluding hydrogens is 338 g/mol. The lowest BCUT2D eigenvalue weighted by Gasteiger charge is -2.02. The van der Waals surface area contributed by atoms with Gasteiger partial charge in [-0.3, -0.25) is 4.79 Å². The third-order valence-electron chi connectivity index (χ3n) is 4.20. The second-order valence-electron chi connectivity index (χ2n) is 5.62. The van der Waals surface area contributed by atoms with Crippen LogP contribution in [0.1, 0.15) is 21.6 Å². The average molecular weight is 356 g/mol. The highest BCUT2D eigenvalue weighted by atomic mass is 35.5. The Kier molecular flexibility index (Phi) is 4.76. The van der Waals surface area contributed by atoms with E-state index in [2.05, 4.69) is 10.5 Å². The highest BCUT2D eigenvalue weighted by molar-refractivity contribution is 6.33. The van der Waals surface area contributed by atoms with Gasteiger partial charge in [0.1, 0.15) is 5.75 Å². The molecule has 0 aliphatic heterocycles. The zero-order valence-electron chi connectivity index (χ0n) is 14.2. The van der Waals surface area contributed by atoms with Gasteiger partial charge in [-0.05, 0) is 31.2 Å². The lowest BCUT2D eigenvalue weighted by molar-refractivity contribution is 0.0956. The van der Waals surface area contributed by atoms with Crippen LogP contribution in [-0.2, 0) is 7.05 Å². The Labute approximate surface area is 150 Å². The number of carbonyl (C=O) groups excluding carboxylic acids is 1. The first kappa shape index (κ1) is 17.0. The van der Waals surface area contributed by atoms with Crippen molar-refractivity contribution >= 4 is 34.6 Å². The number of aryl methyl sites for hydroxylation is 1. The monoisotopic (exact) mass is 355 g/mol. The number of hydrogen-bond acceptors (Lipinski definition) is 3. The van der Waals surface area contributed by atoms with Crippen molar-refractivity contribution < 1.29 is 9.53 Å². The predicted octanol–water partition coefficient (Wildman–Crippen LogP) is 3.91. The van der Waals surface area contributed by atoms with E-state index in [1.807, 2.05) is 54.9 Å². The summed E-state index contributed by atoms with van der Waals surface area (Å²) in [5, 5.41) is 5.43. The second kappa shape index (κ2) is 6.99. The maximum absolute atomic E-state index is 12.7. The summed E-state index contributed by atoms with van der Waals surface area (Å²) in [4.78, 5) is 12.7. The van der Waals surface area contributed by atoms with Gasteiger partial charge in [0.05, 0.1) is 18.9 Å². The molecule has 5 nitrogen and oxygen atoms in total. The van der Waals surface area contributed by atoms with Gasteiger partial charge in [-0.25, -0.2) is 5.43 Å². The molecule has 128 valence electrons. The number of nitrogens with one attached hydrogen (secondary N) is 1. The van der Waals surface area contributed by atoms with E-state index < -0.39 is 0 Å². The molecule has 0 saturated heterocycles. The van der Waals surface area contributed by atoms with E-state index in [0.29, 0.717) is 16.3 Å². The van der Waals surface area contributed by atoms with Crippen molar-refractivity contribution in [2.75, 3.05) is 7.11 Å². The SMILES string of the molecule is COc1ccc2c(c1)c(C(=O)NN=Cc1ccccc1Cl)c(C)n2C. The second-order valence-corrected chi connectivity index (χ2v) is 6.03. The van der Waals surface area contributed by atoms with Crippen LogP contribution in [0.5, 0.6) is 5.75 Å². The van der Waals surface area contributed by atoms with E-state index in [-0.39, 0.29) is 5.91 Å². The van der Waals surface area contributed by atoms with Crippen molar-refractivity contribution in [3.05, 3.63) is 64.3 Å². The van der Waals surface area contributed by atoms with Crippen LogP contribution in [-0.4, -0.2) is 23.8 Å². The number of hydrogen-bond donors (Lipinski definition) is 1. The largest absolute Gasteiger partial charge is 0.497 e. The van der Waals surface area contributed by atoms with Crippen molar-refractivity contribution in [2.45, 2.75) is 6.92 Å². The van der Waals surface area contributed by atoms with Crippen molar-refractivity contribution in [3.63, 3.8) is 0 Å². The molecule has 0 radical (unpaired) electrons. The number of hydrazone groups is 1. The topological polar surface area (TPSA) is 55.6 Å². The van der Waals surface area contributed by atoms with E-state index in [9.17, 15) is 4.79 Å². The first-order chi connectivity index (χ1) is 12.0. The van der Waals surface area contributed by atoms with Gasteiger partial charge in [-0.15, -0.1) is 0 Å². The number of rotatable bonds is 4. The van der Waals surface area contributed by atoms with E-state index in [4.69, 9.17) is 16.3 Å². The van der Waals surface area contributed by atoms with Gasteiger partial charge >= 0.3 is 0 Å². The Hall–Kier alpha value is -2.79. The molecule has 0 fully saturated rings. The summed E-state index contributed by atoms with van der Waals surface area (Å²) in [7, 11) is 3.53. The number of benzene rings is 2. The number of methoxy groups -OCH3 is 1. The van der Waals surface area contributed by atoms with Crippen LogP contribution in [0.4, 0.5) is 0 Å². The number of nitrogens with zero attached hydrogens (tertiary/aromatic N) is 2. The van der Waals surface area contributed by atoms with Crippen LogP contribution in [0, 0.1) is 6.92 Å². The fourth-order valence-electron chi connectivity index (χ4n) is 2.76. The Balaban J connectivity index is 1.92. The van der Waals surface area contributed by atoms with Crippen LogP contribution in [0.15, 0.2) is 47.6 Å². The molecule has 6 heteroatoms. The number of halogens is 1. The van der Waals surface area contributed by atoms with Gasteiger partial charge in [0.25, 0.3) is 5.91 Å². The van der Waals surface area contributed by atoms with Crippen LogP contribution in [0.2, 0.25) is 5.02 Å². The minimum atomic E-state index is -0.278. The highest BCUT2D eigenvalue weighted by Crippen LogP contribution is 2.28. The number of carbonyl (C=O) groups is 1. The molecule has 1 heterocycles. The summed E-state index contributed by atoms with van der Waals surface area (Å²) in [5.74, 6) is 0.423. The molecule has 25 heavy (non-hydrogen) atoms. The molecule has 0 aliphatic rings. The van der Waals surface area contributed by atoms with E-state index in [1.54, 1.807) is 13.2 Å². The third-order valence-corrected chi connectivity index (χ3v) is 4.55. The van der Waals surface area contributed by atoms with Crippen molar-refractivity contribution in [1.29, 1.82) is 0 Å². The molecule has 1 aromatic heterocycles. The smallest absolute Gasteiger partial charge is 0.273 e. The van der Waals surface area contributed by atoms with E-state index >= 15 is 0 Å². The van der Waals surface area contributed by atoms with Crippen LogP contribution in [0.25, 0.3) is 10.9 Å². The lowest BCUT2D eigenvalue weighted by Crippen LogP contribution is -2.18. The number of fused-ring (bicyclic) bond motifs is 1. The summed E-state index contributed by atoms with van der Waals surface area (Å²) in [6, 6.07) is 13.0. The summed E-state index contributed by atoms with van der Waals surface area (Å²) >= 11 is 6.08. The summed E-state index contributed by atoms with van der Waals surface area (Å²) in [6.07, 6.45) is 1.53. The molecular formula is C19H18ClN3O2. The molecule has 3 rings (SSSR count). The number of ether oxygens (including phenoxy) is 1. The minimum Gasteiger partial charge on any atom is -0.497 e. The Morgan fingerprint density at radius 2 is 2.04 bits per heavy atom. The lowest BCUT2D eigenvalue weighted by atomic mass is 10.1. The van der Waals surface area contributed by atoms with Gasteiger partial charge in [0.2, 0.25) is 0 Å². The van der Waals surface area contributed by atoms with E-state index in [0.717, 1.165) is 22.2 Å². The first-order valence-electron chi connectivity index (χ1n) is 7.74. The van der Waals surface area contributed by atoms with Gasteiger partial charge in [-0.1, -0.05) is 29.8 Å². The molecule has 0 atom stereocenters. The van der Waals surface area contributed by atoms with Crippen molar-refractivity contribution in [2.24, 2.45) is 12.1 Å². The third kappa shape index (κ3) is 3.23. The fourth-order valence-corrected chi connectivity index (χ4v) is 2.95. The molecule has 2 aromatic carbocycles. The Morgan fingerprint density at radius 1 is 1.28 bits per heavy atom. The van der Waals surface area contributed by atoms with Gasteiger partial charge < -0.3 is 9.30 Å². The molecule has 1 N–H and O–H groups in total. The number of amides is 1. The zero-order valence-corrected chi connectivity index (χ0v) is 15.0. The molecule has 0 unspecified atom stereocenters. The average Bonchev–Trinajstić information content (AvgIpc) is 2.87. The van der Waals surface area contributed by atoms with Crippen LogP contribution >= 0.6 is 11.6 Å². The summed E-state index contributed by atoms with van der Waals surface area (Å²) < 4.78 is 7.25. The van der Waals surface area contributed by atoms with Gasteiger partial charge in [0, 0.05) is 34.2 Å². The molecule has 0 saturated carbocycles. The molecule has 3 aromatic rings. The standard InChI is InChI=1S/C19H18ClN3O2/c1-12-18(15-10-14(25-3)8-9-17(15)23(12)2)19(24)22-21-11-13-6-4-5-7-16(13)20/h4-11H,1-3H3,(H,22,24). The highest BCUT2D eigenvalue weighted by Gasteiger charge is 2.18. The molecule has 1 amide bonds. The minimum absolute atomic E-state index is 0.278. The van der Waals surface area contributed by atoms with E-state index in [1.165, 1.54) is 6.21 Å². The van der Waals surface area contributed by atoms with Crippen LogP contribution < -0.4 is 10.2 Å². The van der Waals surface area contributed by atoms with Gasteiger partial charge in [-0.2, -0.15) is 5.10 Å². The maximum Gasteiger partial charge on any atom is 0.273 e. The van der Waals surface area contributed by atoms with Crippen molar-refractivity contribution in [1.82, 2.24) is 9.99 Å². The quantitative estimate of drug-likeness (QED) is 0.569. The molecule has 0 bridgehead atoms. The van der Waals surface area contributed by atoms with Gasteiger partial charge in [0.15, 0.2) is 0 Å². The summed E-state index contributed by atoms with van der Waals surface area (Å²) in [6.45, 7) is 1.90. The Bertz CT molecular complexity index is 976. The van der Waals surface area contributed by atoms with Crippen LogP contribution in [0.3, 0.4) is 0 Å². The molecule has 0 aliphatic carbocycles. The molecule has 0 spiro atoms. The summed E-state index contributed by atoms with van der Waals surface area (Å²) in [5.41, 5.74) is 5.70. The number of aromatic nitrogens is 1. The first-order valence-corrected chi connectivity index (χ1v) is 8.11. The van der Waals surface area contributed by atoms with Crippen molar-refractivity contribution in [3.8, 4) is 5.75 Å². The fraction of sp³-hybridized carbons (Fsp3) is 0.158. The Morgan fingerprint density at radius 3 is 2.76 bits per heavy atom. The predicted molar refractivity (Wildman–Crippen MR) is 101 cm³/mol. The maximum atomic E-state index is 12.7.